The third kappa shape index (κ3) is 5.06. The Labute approximate surface area is 186 Å². The van der Waals surface area contributed by atoms with E-state index in [1.165, 1.54) is 11.1 Å². The number of carbonyl (C=O) groups is 1. The van der Waals surface area contributed by atoms with Gasteiger partial charge in [0.1, 0.15) is 0 Å². The molecule has 1 aliphatic carbocycles. The van der Waals surface area contributed by atoms with E-state index in [0.29, 0.717) is 5.91 Å². The van der Waals surface area contributed by atoms with Crippen LogP contribution >= 0.6 is 0 Å². The second kappa shape index (κ2) is 9.77. The second-order valence-electron chi connectivity index (χ2n) is 8.84. The highest BCUT2D eigenvalue weighted by Gasteiger charge is 2.31. The first-order valence-corrected chi connectivity index (χ1v) is 11.7. The summed E-state index contributed by atoms with van der Waals surface area (Å²) in [5.41, 5.74) is 4.92. The first-order chi connectivity index (χ1) is 15.1. The molecule has 1 amide bonds. The summed E-state index contributed by atoms with van der Waals surface area (Å²) in [6.07, 6.45) is 4.49. The first-order valence-electron chi connectivity index (χ1n) is 11.7. The maximum Gasteiger partial charge on any atom is 0.226 e. The van der Waals surface area contributed by atoms with Crippen molar-refractivity contribution in [1.29, 1.82) is 0 Å². The van der Waals surface area contributed by atoms with Gasteiger partial charge in [0.2, 0.25) is 11.9 Å². The summed E-state index contributed by atoms with van der Waals surface area (Å²) < 4.78 is 0. The Morgan fingerprint density at radius 1 is 1.10 bits per heavy atom. The molecule has 31 heavy (non-hydrogen) atoms. The maximum atomic E-state index is 13.2. The van der Waals surface area contributed by atoms with Crippen molar-refractivity contribution in [3.63, 3.8) is 0 Å². The van der Waals surface area contributed by atoms with Gasteiger partial charge in [-0.1, -0.05) is 29.8 Å². The van der Waals surface area contributed by atoms with Crippen LogP contribution < -0.4 is 4.90 Å². The first kappa shape index (κ1) is 21.8. The zero-order valence-corrected chi connectivity index (χ0v) is 19.2. The Morgan fingerprint density at radius 3 is 2.48 bits per heavy atom. The van der Waals surface area contributed by atoms with E-state index in [-0.39, 0.29) is 5.92 Å². The van der Waals surface area contributed by atoms with Gasteiger partial charge in [0.25, 0.3) is 0 Å². The van der Waals surface area contributed by atoms with Gasteiger partial charge in [-0.05, 0) is 51.2 Å². The van der Waals surface area contributed by atoms with E-state index in [9.17, 15) is 4.79 Å². The standard InChI is InChI=1S/C25H35N5O/c1-4-29(5-2)25-26-17-22-16-21(10-11-23(22)27-25)24(31)30-14-12-28(13-15-30)18-20-8-6-19(3)7-9-20/h6-9,17,21H,4-5,10-16,18H2,1-3H3/t21-/m1/s1. The molecule has 0 N–H and O–H groups in total. The Bertz CT molecular complexity index is 885. The van der Waals surface area contributed by atoms with Gasteiger partial charge < -0.3 is 9.80 Å². The van der Waals surface area contributed by atoms with Crippen molar-refractivity contribution in [3.05, 3.63) is 52.8 Å². The van der Waals surface area contributed by atoms with Crippen LogP contribution in [-0.4, -0.2) is 64.9 Å². The van der Waals surface area contributed by atoms with Gasteiger partial charge in [0.15, 0.2) is 0 Å². The molecular weight excluding hydrogens is 386 g/mol. The summed E-state index contributed by atoms with van der Waals surface area (Å²) >= 11 is 0. The number of aromatic nitrogens is 2. The number of fused-ring (bicyclic) bond motifs is 1. The summed E-state index contributed by atoms with van der Waals surface area (Å²) in [5, 5.41) is 0. The van der Waals surface area contributed by atoms with E-state index in [4.69, 9.17) is 4.98 Å². The highest BCUT2D eigenvalue weighted by atomic mass is 16.2. The summed E-state index contributed by atoms with van der Waals surface area (Å²) in [7, 11) is 0. The van der Waals surface area contributed by atoms with Gasteiger partial charge in [-0.3, -0.25) is 9.69 Å². The van der Waals surface area contributed by atoms with Crippen molar-refractivity contribution >= 4 is 11.9 Å². The molecule has 1 fully saturated rings. The zero-order valence-electron chi connectivity index (χ0n) is 19.2. The van der Waals surface area contributed by atoms with Gasteiger partial charge in [-0.15, -0.1) is 0 Å². The maximum absolute atomic E-state index is 13.2. The Morgan fingerprint density at radius 2 is 1.81 bits per heavy atom. The smallest absolute Gasteiger partial charge is 0.226 e. The molecule has 1 saturated heterocycles. The fourth-order valence-electron chi connectivity index (χ4n) is 4.70. The minimum Gasteiger partial charge on any atom is -0.341 e. The number of hydrogen-bond acceptors (Lipinski definition) is 5. The molecular formula is C25H35N5O. The normalized spacial score (nSPS) is 19.2. The number of nitrogens with zero attached hydrogens (tertiary/aromatic N) is 5. The predicted molar refractivity (Wildman–Crippen MR) is 124 cm³/mol. The van der Waals surface area contributed by atoms with Gasteiger partial charge in [0, 0.05) is 63.6 Å². The predicted octanol–water partition coefficient (Wildman–Crippen LogP) is 3.08. The summed E-state index contributed by atoms with van der Waals surface area (Å²) in [5.74, 6) is 1.20. The lowest BCUT2D eigenvalue weighted by atomic mass is 9.86. The third-order valence-corrected chi connectivity index (χ3v) is 6.74. The molecule has 166 valence electrons. The molecule has 0 radical (unpaired) electrons. The molecule has 6 heteroatoms. The lowest BCUT2D eigenvalue weighted by Gasteiger charge is -2.37. The summed E-state index contributed by atoms with van der Waals surface area (Å²) in [6, 6.07) is 8.76. The fraction of sp³-hybridized carbons (Fsp3) is 0.560. The topological polar surface area (TPSA) is 52.6 Å². The molecule has 1 aliphatic heterocycles. The molecule has 2 aliphatic rings. The molecule has 0 spiro atoms. The molecule has 2 aromatic rings. The van der Waals surface area contributed by atoms with E-state index >= 15 is 0 Å². The molecule has 0 saturated carbocycles. The minimum absolute atomic E-state index is 0.0686. The number of carbonyl (C=O) groups excluding carboxylic acids is 1. The van der Waals surface area contributed by atoms with Crippen molar-refractivity contribution in [2.24, 2.45) is 5.92 Å². The molecule has 1 atom stereocenters. The lowest BCUT2D eigenvalue weighted by Crippen LogP contribution is -2.50. The van der Waals surface area contributed by atoms with Crippen molar-refractivity contribution < 1.29 is 4.79 Å². The molecule has 1 aromatic heterocycles. The number of benzene rings is 1. The van der Waals surface area contributed by atoms with E-state index in [1.807, 2.05) is 6.20 Å². The molecule has 0 unspecified atom stereocenters. The van der Waals surface area contributed by atoms with Crippen LogP contribution in [0.4, 0.5) is 5.95 Å². The van der Waals surface area contributed by atoms with E-state index in [0.717, 1.165) is 82.3 Å². The average Bonchev–Trinajstić information content (AvgIpc) is 2.81. The molecule has 1 aromatic carbocycles. The number of amides is 1. The van der Waals surface area contributed by atoms with Crippen LogP contribution in [0.5, 0.6) is 0 Å². The van der Waals surface area contributed by atoms with Crippen LogP contribution in [0.25, 0.3) is 0 Å². The number of hydrogen-bond donors (Lipinski definition) is 0. The summed E-state index contributed by atoms with van der Waals surface area (Å²) in [4.78, 5) is 29.3. The average molecular weight is 422 g/mol. The molecule has 0 bridgehead atoms. The fourth-order valence-corrected chi connectivity index (χ4v) is 4.70. The van der Waals surface area contributed by atoms with Gasteiger partial charge in [-0.25, -0.2) is 9.97 Å². The number of rotatable bonds is 6. The summed E-state index contributed by atoms with van der Waals surface area (Å²) in [6.45, 7) is 12.7. The SMILES string of the molecule is CCN(CC)c1ncc2c(n1)CC[C@@H](C(=O)N1CCN(Cc3ccc(C)cc3)CC1)C2. The van der Waals surface area contributed by atoms with E-state index in [1.54, 1.807) is 0 Å². The highest BCUT2D eigenvalue weighted by Crippen LogP contribution is 2.27. The van der Waals surface area contributed by atoms with Crippen LogP contribution in [0.15, 0.2) is 30.5 Å². The van der Waals surface area contributed by atoms with Crippen LogP contribution in [0.1, 0.15) is 42.7 Å². The monoisotopic (exact) mass is 421 g/mol. The number of aryl methyl sites for hydroxylation is 2. The van der Waals surface area contributed by atoms with Crippen molar-refractivity contribution in [2.75, 3.05) is 44.2 Å². The highest BCUT2D eigenvalue weighted by molar-refractivity contribution is 5.79. The molecule has 2 heterocycles. The van der Waals surface area contributed by atoms with Crippen molar-refractivity contribution in [3.8, 4) is 0 Å². The molecule has 6 nitrogen and oxygen atoms in total. The Kier molecular flexibility index (Phi) is 6.86. The van der Waals surface area contributed by atoms with Crippen molar-refractivity contribution in [2.45, 2.75) is 46.6 Å². The van der Waals surface area contributed by atoms with Crippen LogP contribution in [0, 0.1) is 12.8 Å². The van der Waals surface area contributed by atoms with Crippen LogP contribution in [-0.2, 0) is 24.2 Å². The zero-order chi connectivity index (χ0) is 21.8. The van der Waals surface area contributed by atoms with Crippen LogP contribution in [0.3, 0.4) is 0 Å². The second-order valence-corrected chi connectivity index (χ2v) is 8.84. The van der Waals surface area contributed by atoms with Gasteiger partial charge in [0.05, 0.1) is 0 Å². The van der Waals surface area contributed by atoms with E-state index < -0.39 is 0 Å². The molecule has 4 rings (SSSR count). The lowest BCUT2D eigenvalue weighted by molar-refractivity contribution is -0.137. The third-order valence-electron chi connectivity index (χ3n) is 6.74. The van der Waals surface area contributed by atoms with E-state index in [2.05, 4.69) is 64.7 Å². The minimum atomic E-state index is 0.0686. The van der Waals surface area contributed by atoms with Gasteiger partial charge in [-0.2, -0.15) is 0 Å². The quantitative estimate of drug-likeness (QED) is 0.718. The van der Waals surface area contributed by atoms with Crippen molar-refractivity contribution in [1.82, 2.24) is 19.8 Å². The Hall–Kier alpha value is -2.47. The van der Waals surface area contributed by atoms with Gasteiger partial charge >= 0.3 is 0 Å². The number of piperazine rings is 1. The van der Waals surface area contributed by atoms with Crippen LogP contribution in [0.2, 0.25) is 0 Å². The largest absolute Gasteiger partial charge is 0.341 e. The Balaban J connectivity index is 1.31. The number of anilines is 1.